The first-order valence-electron chi connectivity index (χ1n) is 9.25. The summed E-state index contributed by atoms with van der Waals surface area (Å²) in [5.41, 5.74) is 2.96. The predicted molar refractivity (Wildman–Crippen MR) is 111 cm³/mol. The molecule has 1 aliphatic heterocycles. The fourth-order valence-corrected chi connectivity index (χ4v) is 4.44. The molecule has 1 aromatic heterocycles. The first kappa shape index (κ1) is 18.2. The number of aromatic nitrogens is 3. The normalized spacial score (nSPS) is 18.3. The average molecular weight is 427 g/mol. The second-order valence-corrected chi connectivity index (χ2v) is 7.96. The van der Waals surface area contributed by atoms with E-state index in [4.69, 9.17) is 23.2 Å². The number of hydrogen-bond donors (Lipinski definition) is 2. The van der Waals surface area contributed by atoms with E-state index in [0.29, 0.717) is 39.4 Å². The zero-order chi connectivity index (χ0) is 20.1. The summed E-state index contributed by atoms with van der Waals surface area (Å²) in [6, 6.07) is 11.6. The summed E-state index contributed by atoms with van der Waals surface area (Å²) in [6.45, 7) is 0. The van der Waals surface area contributed by atoms with E-state index in [-0.39, 0.29) is 11.5 Å². The van der Waals surface area contributed by atoms with Crippen LogP contribution in [0.2, 0.25) is 10.0 Å². The maximum atomic E-state index is 12.8. The number of carbonyl (C=O) groups excluding carboxylic acids is 1. The standard InChI is InChI=1S/C21H16Cl2N4O2/c22-12-7-8-14(15(23)10-12)20-25-21-24-16-5-2-6-17(29)18(16)19(27(21)26-20)11-3-1-4-13(28)9-11/h1,3-4,7-10,19,28H,2,5-6H2,(H,24,25,26). The number of allylic oxidation sites excluding steroid dienone is 2. The van der Waals surface area contributed by atoms with Crippen molar-refractivity contribution in [3.05, 3.63) is 69.3 Å². The van der Waals surface area contributed by atoms with Gasteiger partial charge in [-0.1, -0.05) is 35.3 Å². The monoisotopic (exact) mass is 426 g/mol. The molecule has 146 valence electrons. The Kier molecular flexibility index (Phi) is 4.33. The number of fused-ring (bicyclic) bond motifs is 1. The van der Waals surface area contributed by atoms with Crippen molar-refractivity contribution >= 4 is 34.9 Å². The van der Waals surface area contributed by atoms with E-state index in [1.807, 2.05) is 6.07 Å². The molecule has 2 heterocycles. The minimum absolute atomic E-state index is 0.0827. The predicted octanol–water partition coefficient (Wildman–Crippen LogP) is 4.98. The van der Waals surface area contributed by atoms with Crippen LogP contribution in [0.4, 0.5) is 5.95 Å². The molecule has 0 spiro atoms. The van der Waals surface area contributed by atoms with Gasteiger partial charge in [-0.15, -0.1) is 5.10 Å². The van der Waals surface area contributed by atoms with Gasteiger partial charge in [0.05, 0.1) is 5.02 Å². The molecule has 2 N–H and O–H groups in total. The van der Waals surface area contributed by atoms with E-state index < -0.39 is 6.04 Å². The quantitative estimate of drug-likeness (QED) is 0.603. The first-order valence-corrected chi connectivity index (χ1v) is 10.0. The Morgan fingerprint density at radius 3 is 2.79 bits per heavy atom. The van der Waals surface area contributed by atoms with E-state index >= 15 is 0 Å². The Balaban J connectivity index is 1.69. The highest BCUT2D eigenvalue weighted by molar-refractivity contribution is 6.36. The maximum Gasteiger partial charge on any atom is 0.226 e. The lowest BCUT2D eigenvalue weighted by molar-refractivity contribution is -0.116. The van der Waals surface area contributed by atoms with Gasteiger partial charge in [0.2, 0.25) is 5.95 Å². The number of anilines is 1. The molecule has 1 unspecified atom stereocenters. The van der Waals surface area contributed by atoms with Gasteiger partial charge >= 0.3 is 0 Å². The van der Waals surface area contributed by atoms with Crippen LogP contribution in [0.5, 0.6) is 5.75 Å². The van der Waals surface area contributed by atoms with Gasteiger partial charge in [0.1, 0.15) is 11.8 Å². The number of nitrogens with zero attached hydrogens (tertiary/aromatic N) is 3. The van der Waals surface area contributed by atoms with Gasteiger partial charge < -0.3 is 10.4 Å². The lowest BCUT2D eigenvalue weighted by Gasteiger charge is -2.32. The summed E-state index contributed by atoms with van der Waals surface area (Å²) in [7, 11) is 0. The molecule has 29 heavy (non-hydrogen) atoms. The molecule has 0 saturated carbocycles. The lowest BCUT2D eigenvalue weighted by Crippen LogP contribution is -2.31. The SMILES string of the molecule is O=C1CCCC2=C1C(c1cccc(O)c1)n1nc(-c3ccc(Cl)cc3Cl)nc1N2. The van der Waals surface area contributed by atoms with E-state index in [2.05, 4.69) is 15.4 Å². The molecule has 3 aromatic rings. The van der Waals surface area contributed by atoms with Crippen LogP contribution in [0, 0.1) is 0 Å². The van der Waals surface area contributed by atoms with Gasteiger partial charge in [-0.05, 0) is 48.7 Å². The van der Waals surface area contributed by atoms with Gasteiger partial charge in [0.15, 0.2) is 11.6 Å². The van der Waals surface area contributed by atoms with Crippen LogP contribution in [0.15, 0.2) is 53.7 Å². The summed E-state index contributed by atoms with van der Waals surface area (Å²) in [5, 5.41) is 18.9. The van der Waals surface area contributed by atoms with Crippen molar-refractivity contribution in [2.24, 2.45) is 0 Å². The number of aromatic hydroxyl groups is 1. The van der Waals surface area contributed by atoms with E-state index in [0.717, 1.165) is 24.1 Å². The largest absolute Gasteiger partial charge is 0.508 e. The Hall–Kier alpha value is -2.83. The molecule has 6 nitrogen and oxygen atoms in total. The molecule has 2 aliphatic rings. The van der Waals surface area contributed by atoms with Gasteiger partial charge in [-0.2, -0.15) is 4.98 Å². The first-order chi connectivity index (χ1) is 14.0. The Morgan fingerprint density at radius 2 is 2.00 bits per heavy atom. The highest BCUT2D eigenvalue weighted by Crippen LogP contribution is 2.41. The highest BCUT2D eigenvalue weighted by atomic mass is 35.5. The number of phenols is 1. The number of Topliss-reactive ketones (excluding diaryl/α,β-unsaturated/α-hetero) is 1. The molecule has 0 radical (unpaired) electrons. The van der Waals surface area contributed by atoms with Crippen LogP contribution in [0.25, 0.3) is 11.4 Å². The van der Waals surface area contributed by atoms with Crippen LogP contribution in [-0.4, -0.2) is 25.7 Å². The molecule has 1 atom stereocenters. The molecular formula is C21H16Cl2N4O2. The molecule has 0 amide bonds. The number of ketones is 1. The van der Waals surface area contributed by atoms with Gasteiger partial charge in [0.25, 0.3) is 0 Å². The zero-order valence-electron chi connectivity index (χ0n) is 15.2. The molecule has 1 aliphatic carbocycles. The Bertz CT molecular complexity index is 1190. The molecule has 0 fully saturated rings. The zero-order valence-corrected chi connectivity index (χ0v) is 16.7. The molecule has 2 aromatic carbocycles. The summed E-state index contributed by atoms with van der Waals surface area (Å²) in [6.07, 6.45) is 2.05. The molecule has 0 saturated heterocycles. The van der Waals surface area contributed by atoms with Crippen molar-refractivity contribution < 1.29 is 9.90 Å². The van der Waals surface area contributed by atoms with Crippen LogP contribution >= 0.6 is 23.2 Å². The van der Waals surface area contributed by atoms with Crippen LogP contribution in [0.3, 0.4) is 0 Å². The van der Waals surface area contributed by atoms with Gasteiger partial charge in [-0.3, -0.25) is 4.79 Å². The number of phenolic OH excluding ortho intramolecular Hbond substituents is 1. The minimum atomic E-state index is -0.464. The average Bonchev–Trinajstić information content (AvgIpc) is 3.09. The van der Waals surface area contributed by atoms with Crippen molar-refractivity contribution in [2.45, 2.75) is 25.3 Å². The summed E-state index contributed by atoms with van der Waals surface area (Å²) in [5.74, 6) is 1.19. The third-order valence-corrected chi connectivity index (χ3v) is 5.77. The van der Waals surface area contributed by atoms with Crippen molar-refractivity contribution in [1.29, 1.82) is 0 Å². The third-order valence-electron chi connectivity index (χ3n) is 5.23. The molecule has 0 bridgehead atoms. The smallest absolute Gasteiger partial charge is 0.226 e. The van der Waals surface area contributed by atoms with Gasteiger partial charge in [0, 0.05) is 28.3 Å². The second-order valence-electron chi connectivity index (χ2n) is 7.12. The number of rotatable bonds is 2. The Morgan fingerprint density at radius 1 is 1.14 bits per heavy atom. The van der Waals surface area contributed by atoms with Crippen molar-refractivity contribution in [2.75, 3.05) is 5.32 Å². The van der Waals surface area contributed by atoms with Crippen LogP contribution in [0.1, 0.15) is 30.9 Å². The van der Waals surface area contributed by atoms with Crippen molar-refractivity contribution in [3.8, 4) is 17.1 Å². The Labute approximate surface area is 176 Å². The molecular weight excluding hydrogens is 411 g/mol. The lowest BCUT2D eigenvalue weighted by atomic mass is 9.85. The fraction of sp³-hybridized carbons (Fsp3) is 0.190. The summed E-state index contributed by atoms with van der Waals surface area (Å²) < 4.78 is 1.69. The molecule has 8 heteroatoms. The number of hydrogen-bond acceptors (Lipinski definition) is 5. The van der Waals surface area contributed by atoms with E-state index in [1.54, 1.807) is 41.1 Å². The third kappa shape index (κ3) is 3.09. The minimum Gasteiger partial charge on any atom is -0.508 e. The van der Waals surface area contributed by atoms with Crippen LogP contribution in [-0.2, 0) is 4.79 Å². The highest BCUT2D eigenvalue weighted by Gasteiger charge is 2.37. The fourth-order valence-electron chi connectivity index (χ4n) is 3.94. The summed E-state index contributed by atoms with van der Waals surface area (Å²) >= 11 is 12.4. The van der Waals surface area contributed by atoms with E-state index in [9.17, 15) is 9.90 Å². The summed E-state index contributed by atoms with van der Waals surface area (Å²) in [4.78, 5) is 17.4. The van der Waals surface area contributed by atoms with Gasteiger partial charge in [-0.25, -0.2) is 4.68 Å². The second kappa shape index (κ2) is 6.90. The van der Waals surface area contributed by atoms with Crippen LogP contribution < -0.4 is 5.32 Å². The van der Waals surface area contributed by atoms with Crippen molar-refractivity contribution in [3.63, 3.8) is 0 Å². The molecule has 5 rings (SSSR count). The topological polar surface area (TPSA) is 80.0 Å². The number of carbonyl (C=O) groups is 1. The number of benzene rings is 2. The maximum absolute atomic E-state index is 12.8. The number of halogens is 2. The van der Waals surface area contributed by atoms with Crippen molar-refractivity contribution in [1.82, 2.24) is 14.8 Å². The van der Waals surface area contributed by atoms with E-state index in [1.165, 1.54) is 0 Å². The number of nitrogens with one attached hydrogen (secondary N) is 1.